The van der Waals surface area contributed by atoms with Gasteiger partial charge in [-0.05, 0) is 37.9 Å². The lowest BCUT2D eigenvalue weighted by Crippen LogP contribution is -2.12. The van der Waals surface area contributed by atoms with Crippen LogP contribution in [0.1, 0.15) is 38.0 Å². The molecule has 0 amide bonds. The Morgan fingerprint density at radius 3 is 2.56 bits per heavy atom. The molecule has 16 heavy (non-hydrogen) atoms. The number of hydrogen-bond acceptors (Lipinski definition) is 3. The van der Waals surface area contributed by atoms with Crippen molar-refractivity contribution in [2.45, 2.75) is 33.1 Å². The third-order valence-electron chi connectivity index (χ3n) is 2.02. The Hall–Kier alpha value is -0.870. The zero-order valence-corrected chi connectivity index (χ0v) is 11.0. The SMILES string of the molecule is CC(C(=O)O)c1cccs1.CCCNCC. The van der Waals surface area contributed by atoms with Gasteiger partial charge < -0.3 is 10.4 Å². The van der Waals surface area contributed by atoms with Gasteiger partial charge in [-0.2, -0.15) is 0 Å². The molecule has 1 aromatic heterocycles. The first-order valence-corrected chi connectivity index (χ1v) is 6.48. The van der Waals surface area contributed by atoms with Crippen LogP contribution in [0.5, 0.6) is 0 Å². The highest BCUT2D eigenvalue weighted by Gasteiger charge is 2.13. The minimum absolute atomic E-state index is 0.361. The van der Waals surface area contributed by atoms with Gasteiger partial charge in [0.25, 0.3) is 0 Å². The van der Waals surface area contributed by atoms with Crippen LogP contribution in [0.15, 0.2) is 17.5 Å². The van der Waals surface area contributed by atoms with Gasteiger partial charge in [-0.15, -0.1) is 11.3 Å². The Balaban J connectivity index is 0.000000325. The van der Waals surface area contributed by atoms with E-state index in [1.807, 2.05) is 17.5 Å². The van der Waals surface area contributed by atoms with Crippen molar-refractivity contribution < 1.29 is 9.90 Å². The highest BCUT2D eigenvalue weighted by atomic mass is 32.1. The number of carboxylic acid groups (broad SMARTS) is 1. The number of rotatable bonds is 5. The number of nitrogens with one attached hydrogen (secondary N) is 1. The van der Waals surface area contributed by atoms with Crippen molar-refractivity contribution in [3.05, 3.63) is 22.4 Å². The lowest BCUT2D eigenvalue weighted by Gasteiger charge is -1.99. The fourth-order valence-electron chi connectivity index (χ4n) is 1.01. The van der Waals surface area contributed by atoms with Crippen molar-refractivity contribution in [3.63, 3.8) is 0 Å². The Bertz CT molecular complexity index is 269. The van der Waals surface area contributed by atoms with E-state index in [1.54, 1.807) is 6.92 Å². The second-order valence-electron chi connectivity index (χ2n) is 3.43. The average Bonchev–Trinajstić information content (AvgIpc) is 2.79. The smallest absolute Gasteiger partial charge is 0.311 e. The molecule has 1 rings (SSSR count). The van der Waals surface area contributed by atoms with Crippen LogP contribution >= 0.6 is 11.3 Å². The van der Waals surface area contributed by atoms with Crippen LogP contribution in [0.3, 0.4) is 0 Å². The molecule has 4 heteroatoms. The summed E-state index contributed by atoms with van der Waals surface area (Å²) in [4.78, 5) is 11.3. The van der Waals surface area contributed by atoms with E-state index >= 15 is 0 Å². The standard InChI is InChI=1S/C7H8O2S.C5H13N/c1-5(7(8)9)6-3-2-4-10-6;1-3-5-6-4-2/h2-5H,1H3,(H,8,9);6H,3-5H2,1-2H3. The fraction of sp³-hybridized carbons (Fsp3) is 0.583. The lowest BCUT2D eigenvalue weighted by molar-refractivity contribution is -0.138. The quantitative estimate of drug-likeness (QED) is 0.782. The molecule has 0 bridgehead atoms. The Morgan fingerprint density at radius 2 is 2.25 bits per heavy atom. The van der Waals surface area contributed by atoms with E-state index in [4.69, 9.17) is 5.11 Å². The average molecular weight is 243 g/mol. The molecule has 0 saturated carbocycles. The predicted molar refractivity (Wildman–Crippen MR) is 69.2 cm³/mol. The lowest BCUT2D eigenvalue weighted by atomic mass is 10.1. The van der Waals surface area contributed by atoms with E-state index in [0.717, 1.165) is 18.0 Å². The maximum Gasteiger partial charge on any atom is 0.311 e. The fourth-order valence-corrected chi connectivity index (χ4v) is 1.79. The molecule has 1 atom stereocenters. The van der Waals surface area contributed by atoms with Gasteiger partial charge >= 0.3 is 5.97 Å². The molecule has 0 saturated heterocycles. The van der Waals surface area contributed by atoms with Gasteiger partial charge in [-0.25, -0.2) is 0 Å². The number of hydrogen-bond donors (Lipinski definition) is 2. The summed E-state index contributed by atoms with van der Waals surface area (Å²) >= 11 is 1.48. The van der Waals surface area contributed by atoms with E-state index in [2.05, 4.69) is 19.2 Å². The van der Waals surface area contributed by atoms with Crippen LogP contribution in [-0.4, -0.2) is 24.2 Å². The summed E-state index contributed by atoms with van der Waals surface area (Å²) < 4.78 is 0. The normalized spacial score (nSPS) is 11.4. The van der Waals surface area contributed by atoms with Crippen LogP contribution in [-0.2, 0) is 4.79 Å². The number of thiophene rings is 1. The molecule has 92 valence electrons. The van der Waals surface area contributed by atoms with E-state index < -0.39 is 5.97 Å². The van der Waals surface area contributed by atoms with E-state index in [-0.39, 0.29) is 5.92 Å². The molecule has 0 spiro atoms. The third kappa shape index (κ3) is 6.58. The monoisotopic (exact) mass is 243 g/mol. The molecule has 0 fully saturated rings. The van der Waals surface area contributed by atoms with Gasteiger partial charge in [0.05, 0.1) is 5.92 Å². The Labute approximate surface area is 102 Å². The topological polar surface area (TPSA) is 49.3 Å². The second-order valence-corrected chi connectivity index (χ2v) is 4.41. The molecule has 3 nitrogen and oxygen atoms in total. The van der Waals surface area contributed by atoms with E-state index in [1.165, 1.54) is 17.8 Å². The maximum atomic E-state index is 10.4. The van der Waals surface area contributed by atoms with Gasteiger partial charge in [0, 0.05) is 4.88 Å². The predicted octanol–water partition coefficient (Wildman–Crippen LogP) is 2.94. The van der Waals surface area contributed by atoms with Gasteiger partial charge in [-0.3, -0.25) is 4.79 Å². The molecule has 1 unspecified atom stereocenters. The summed E-state index contributed by atoms with van der Waals surface area (Å²) in [6.07, 6.45) is 1.24. The van der Waals surface area contributed by atoms with Crippen LogP contribution in [0.25, 0.3) is 0 Å². The van der Waals surface area contributed by atoms with Crippen LogP contribution in [0.4, 0.5) is 0 Å². The minimum atomic E-state index is -0.762. The van der Waals surface area contributed by atoms with E-state index in [9.17, 15) is 4.79 Å². The van der Waals surface area contributed by atoms with Crippen LogP contribution < -0.4 is 5.32 Å². The Morgan fingerprint density at radius 1 is 1.56 bits per heavy atom. The zero-order valence-electron chi connectivity index (χ0n) is 10.2. The first kappa shape index (κ1) is 15.1. The number of carboxylic acids is 1. The Kier molecular flexibility index (Phi) is 8.85. The molecular weight excluding hydrogens is 222 g/mol. The van der Waals surface area contributed by atoms with E-state index in [0.29, 0.717) is 0 Å². The molecule has 1 aromatic rings. The summed E-state index contributed by atoms with van der Waals surface area (Å²) in [5.74, 6) is -1.12. The number of carbonyl (C=O) groups is 1. The highest BCUT2D eigenvalue weighted by molar-refractivity contribution is 7.10. The van der Waals surface area contributed by atoms with Crippen molar-refractivity contribution in [2.24, 2.45) is 0 Å². The molecule has 0 aliphatic rings. The van der Waals surface area contributed by atoms with Crippen molar-refractivity contribution in [1.82, 2.24) is 5.32 Å². The molecule has 0 aromatic carbocycles. The summed E-state index contributed by atoms with van der Waals surface area (Å²) in [5, 5.41) is 13.6. The molecule has 0 aliphatic heterocycles. The zero-order chi connectivity index (χ0) is 12.4. The summed E-state index contributed by atoms with van der Waals surface area (Å²) in [5.41, 5.74) is 0. The van der Waals surface area contributed by atoms with Gasteiger partial charge in [0.1, 0.15) is 0 Å². The molecule has 1 heterocycles. The minimum Gasteiger partial charge on any atom is -0.481 e. The summed E-state index contributed by atoms with van der Waals surface area (Å²) in [6, 6.07) is 3.70. The van der Waals surface area contributed by atoms with Crippen molar-refractivity contribution in [1.29, 1.82) is 0 Å². The largest absolute Gasteiger partial charge is 0.481 e. The summed E-state index contributed by atoms with van der Waals surface area (Å²) in [7, 11) is 0. The second kappa shape index (κ2) is 9.36. The van der Waals surface area contributed by atoms with Gasteiger partial charge in [0.2, 0.25) is 0 Å². The third-order valence-corrected chi connectivity index (χ3v) is 3.07. The highest BCUT2D eigenvalue weighted by Crippen LogP contribution is 2.20. The molecule has 2 N–H and O–H groups in total. The number of aliphatic carboxylic acids is 1. The van der Waals surface area contributed by atoms with Crippen molar-refractivity contribution in [3.8, 4) is 0 Å². The first-order valence-electron chi connectivity index (χ1n) is 5.60. The van der Waals surface area contributed by atoms with Crippen molar-refractivity contribution >= 4 is 17.3 Å². The molecule has 0 aliphatic carbocycles. The molecule has 0 radical (unpaired) electrons. The van der Waals surface area contributed by atoms with Gasteiger partial charge in [0.15, 0.2) is 0 Å². The first-order chi connectivity index (χ1) is 7.63. The van der Waals surface area contributed by atoms with Crippen LogP contribution in [0.2, 0.25) is 0 Å². The van der Waals surface area contributed by atoms with Gasteiger partial charge in [-0.1, -0.05) is 19.9 Å². The summed E-state index contributed by atoms with van der Waals surface area (Å²) in [6.45, 7) is 8.25. The molecular formula is C12H21NO2S. The maximum absolute atomic E-state index is 10.4. The van der Waals surface area contributed by atoms with Crippen molar-refractivity contribution in [2.75, 3.05) is 13.1 Å². The van der Waals surface area contributed by atoms with Crippen LogP contribution in [0, 0.1) is 0 Å².